The van der Waals surface area contributed by atoms with Crippen molar-refractivity contribution < 1.29 is 9.53 Å². The minimum Gasteiger partial charge on any atom is -0.489 e. The number of ether oxygens (including phenoxy) is 1. The molecule has 2 aliphatic rings. The van der Waals surface area contributed by atoms with Gasteiger partial charge >= 0.3 is 0 Å². The summed E-state index contributed by atoms with van der Waals surface area (Å²) < 4.78 is 6.11. The molecule has 1 N–H and O–H groups in total. The van der Waals surface area contributed by atoms with Gasteiger partial charge in [-0.1, -0.05) is 6.07 Å². The average Bonchev–Trinajstić information content (AvgIpc) is 3.24. The fourth-order valence-corrected chi connectivity index (χ4v) is 4.49. The monoisotopic (exact) mass is 347 g/mol. The van der Waals surface area contributed by atoms with Gasteiger partial charge in [0.2, 0.25) is 0 Å². The highest BCUT2D eigenvalue weighted by Gasteiger charge is 2.44. The van der Waals surface area contributed by atoms with Crippen molar-refractivity contribution in [2.24, 2.45) is 0 Å². The molecule has 2 aromatic heterocycles. The van der Waals surface area contributed by atoms with E-state index < -0.39 is 0 Å². The summed E-state index contributed by atoms with van der Waals surface area (Å²) in [6.07, 6.45) is 9.48. The SMILES string of the molecule is O=C(c1ccc2cc[nH]c2c1)N1C2CCC1CC(Oc1cccnc1)C2. The third-order valence-electron chi connectivity index (χ3n) is 5.66. The van der Waals surface area contributed by atoms with Gasteiger partial charge in [0.15, 0.2) is 0 Å². The van der Waals surface area contributed by atoms with E-state index in [1.54, 1.807) is 12.4 Å². The van der Waals surface area contributed by atoms with Crippen LogP contribution in [0.25, 0.3) is 10.9 Å². The van der Waals surface area contributed by atoms with E-state index in [0.717, 1.165) is 47.9 Å². The van der Waals surface area contributed by atoms with E-state index in [4.69, 9.17) is 4.74 Å². The summed E-state index contributed by atoms with van der Waals surface area (Å²) in [4.78, 5) is 22.6. The number of hydrogen-bond acceptors (Lipinski definition) is 3. The van der Waals surface area contributed by atoms with Crippen LogP contribution >= 0.6 is 0 Å². The van der Waals surface area contributed by atoms with Crippen molar-refractivity contribution in [2.45, 2.75) is 43.9 Å². The van der Waals surface area contributed by atoms with Crippen LogP contribution in [0, 0.1) is 0 Å². The number of nitrogens with zero attached hydrogens (tertiary/aromatic N) is 2. The van der Waals surface area contributed by atoms with Crippen LogP contribution in [0.3, 0.4) is 0 Å². The first-order chi connectivity index (χ1) is 12.8. The number of aromatic amines is 1. The number of nitrogens with one attached hydrogen (secondary N) is 1. The minimum absolute atomic E-state index is 0.147. The van der Waals surface area contributed by atoms with Gasteiger partial charge in [0.05, 0.1) is 6.20 Å². The van der Waals surface area contributed by atoms with Crippen LogP contribution in [-0.4, -0.2) is 39.0 Å². The second-order valence-corrected chi connectivity index (χ2v) is 7.28. The fourth-order valence-electron chi connectivity index (χ4n) is 4.49. The van der Waals surface area contributed by atoms with Gasteiger partial charge in [0, 0.05) is 48.4 Å². The fraction of sp³-hybridized carbons (Fsp3) is 0.333. The Hall–Kier alpha value is -2.82. The molecule has 2 bridgehead atoms. The highest BCUT2D eigenvalue weighted by Crippen LogP contribution is 2.38. The van der Waals surface area contributed by atoms with Crippen molar-refractivity contribution in [1.29, 1.82) is 0 Å². The Balaban J connectivity index is 1.34. The van der Waals surface area contributed by atoms with Gasteiger partial charge in [-0.3, -0.25) is 9.78 Å². The van der Waals surface area contributed by atoms with Crippen LogP contribution in [0.1, 0.15) is 36.0 Å². The highest BCUT2D eigenvalue weighted by molar-refractivity contribution is 5.98. The Bertz CT molecular complexity index is 923. The van der Waals surface area contributed by atoms with E-state index in [9.17, 15) is 4.79 Å². The topological polar surface area (TPSA) is 58.2 Å². The van der Waals surface area contributed by atoms with Gasteiger partial charge in [-0.2, -0.15) is 0 Å². The molecule has 3 aromatic rings. The molecule has 5 nitrogen and oxygen atoms in total. The van der Waals surface area contributed by atoms with Crippen molar-refractivity contribution >= 4 is 16.8 Å². The summed E-state index contributed by atoms with van der Waals surface area (Å²) in [5.74, 6) is 0.961. The number of benzene rings is 1. The van der Waals surface area contributed by atoms with Crippen LogP contribution < -0.4 is 4.74 Å². The Kier molecular flexibility index (Phi) is 3.66. The maximum Gasteiger partial charge on any atom is 0.254 e. The lowest BCUT2D eigenvalue weighted by molar-refractivity contribution is 0.0358. The normalized spacial score (nSPS) is 24.8. The Morgan fingerprint density at radius 2 is 2.00 bits per heavy atom. The molecule has 2 aliphatic heterocycles. The number of amides is 1. The Morgan fingerprint density at radius 3 is 2.77 bits per heavy atom. The van der Waals surface area contributed by atoms with E-state index in [1.165, 1.54) is 0 Å². The molecule has 0 saturated carbocycles. The Morgan fingerprint density at radius 1 is 1.15 bits per heavy atom. The summed E-state index contributed by atoms with van der Waals surface area (Å²) in [6.45, 7) is 0. The lowest BCUT2D eigenvalue weighted by atomic mass is 9.98. The molecule has 1 aromatic carbocycles. The summed E-state index contributed by atoms with van der Waals surface area (Å²) in [7, 11) is 0. The summed E-state index contributed by atoms with van der Waals surface area (Å²) in [6, 6.07) is 12.3. The van der Waals surface area contributed by atoms with Crippen LogP contribution in [-0.2, 0) is 0 Å². The van der Waals surface area contributed by atoms with Gasteiger partial charge in [-0.05, 0) is 48.6 Å². The molecule has 0 aliphatic carbocycles. The summed E-state index contributed by atoms with van der Waals surface area (Å²) in [5.41, 5.74) is 1.78. The standard InChI is InChI=1S/C21H21N3O2/c25-21(15-4-3-14-7-9-23-20(14)10-15)24-16-5-6-17(24)12-19(11-16)26-18-2-1-8-22-13-18/h1-4,7-10,13,16-17,19,23H,5-6,11-12H2. The van der Waals surface area contributed by atoms with Crippen LogP contribution in [0.15, 0.2) is 55.0 Å². The zero-order chi connectivity index (χ0) is 17.5. The molecular weight excluding hydrogens is 326 g/mol. The van der Waals surface area contributed by atoms with E-state index in [0.29, 0.717) is 0 Å². The first-order valence-electron chi connectivity index (χ1n) is 9.24. The van der Waals surface area contributed by atoms with Crippen LogP contribution in [0.5, 0.6) is 5.75 Å². The van der Waals surface area contributed by atoms with E-state index in [1.807, 2.05) is 42.6 Å². The molecule has 2 saturated heterocycles. The summed E-state index contributed by atoms with van der Waals surface area (Å²) in [5, 5.41) is 1.13. The molecule has 0 spiro atoms. The number of carbonyl (C=O) groups is 1. The molecule has 4 heterocycles. The van der Waals surface area contributed by atoms with Crippen molar-refractivity contribution in [2.75, 3.05) is 0 Å². The molecule has 0 radical (unpaired) electrons. The summed E-state index contributed by atoms with van der Waals surface area (Å²) >= 11 is 0. The molecule has 5 rings (SSSR count). The second-order valence-electron chi connectivity index (χ2n) is 7.28. The van der Waals surface area contributed by atoms with Gasteiger partial charge in [0.1, 0.15) is 11.9 Å². The molecule has 2 atom stereocenters. The predicted octanol–water partition coefficient (Wildman–Crippen LogP) is 3.78. The van der Waals surface area contributed by atoms with Gasteiger partial charge in [-0.25, -0.2) is 0 Å². The minimum atomic E-state index is 0.147. The highest BCUT2D eigenvalue weighted by atomic mass is 16.5. The zero-order valence-electron chi connectivity index (χ0n) is 14.5. The first kappa shape index (κ1) is 15.4. The molecule has 5 heteroatoms. The Labute approximate surface area is 152 Å². The second kappa shape index (κ2) is 6.16. The maximum absolute atomic E-state index is 13.2. The lowest BCUT2D eigenvalue weighted by Crippen LogP contribution is -2.49. The third kappa shape index (κ3) is 2.64. The smallest absolute Gasteiger partial charge is 0.254 e. The van der Waals surface area contributed by atoms with Crippen molar-refractivity contribution in [3.8, 4) is 5.75 Å². The number of pyridine rings is 1. The first-order valence-corrected chi connectivity index (χ1v) is 9.24. The number of carbonyl (C=O) groups excluding carboxylic acids is 1. The molecule has 2 fully saturated rings. The van der Waals surface area contributed by atoms with E-state index >= 15 is 0 Å². The number of fused-ring (bicyclic) bond motifs is 3. The van der Waals surface area contributed by atoms with E-state index in [-0.39, 0.29) is 24.1 Å². The molecule has 2 unspecified atom stereocenters. The van der Waals surface area contributed by atoms with Crippen molar-refractivity contribution in [1.82, 2.24) is 14.9 Å². The zero-order valence-corrected chi connectivity index (χ0v) is 14.5. The number of H-pyrrole nitrogens is 1. The van der Waals surface area contributed by atoms with Gasteiger partial charge < -0.3 is 14.6 Å². The number of aromatic nitrogens is 2. The lowest BCUT2D eigenvalue weighted by Gasteiger charge is -2.39. The van der Waals surface area contributed by atoms with Crippen molar-refractivity contribution in [3.05, 3.63) is 60.6 Å². The molecular formula is C21H21N3O2. The third-order valence-corrected chi connectivity index (χ3v) is 5.66. The maximum atomic E-state index is 13.2. The molecule has 26 heavy (non-hydrogen) atoms. The van der Waals surface area contributed by atoms with Crippen LogP contribution in [0.4, 0.5) is 0 Å². The molecule has 132 valence electrons. The number of piperidine rings is 1. The quantitative estimate of drug-likeness (QED) is 0.784. The van der Waals surface area contributed by atoms with E-state index in [2.05, 4.69) is 14.9 Å². The number of hydrogen-bond donors (Lipinski definition) is 1. The average molecular weight is 347 g/mol. The number of rotatable bonds is 3. The van der Waals surface area contributed by atoms with Crippen LogP contribution in [0.2, 0.25) is 0 Å². The van der Waals surface area contributed by atoms with Gasteiger partial charge in [-0.15, -0.1) is 0 Å². The van der Waals surface area contributed by atoms with Crippen molar-refractivity contribution in [3.63, 3.8) is 0 Å². The predicted molar refractivity (Wildman–Crippen MR) is 99.2 cm³/mol. The largest absolute Gasteiger partial charge is 0.489 e. The van der Waals surface area contributed by atoms with Gasteiger partial charge in [0.25, 0.3) is 5.91 Å². The molecule has 1 amide bonds.